The molecule has 0 aliphatic heterocycles. The second-order valence-corrected chi connectivity index (χ2v) is 5.79. The molecule has 0 amide bonds. The highest BCUT2D eigenvalue weighted by atomic mass is 32.2. The number of aromatic carboxylic acids is 1. The summed E-state index contributed by atoms with van der Waals surface area (Å²) in [5.41, 5.74) is 1.30. The predicted molar refractivity (Wildman–Crippen MR) is 91.5 cm³/mol. The SMILES string of the molecule is CSc1cc(-c2ccco2)nc(C(=O)O)c1OCc1ccccc1. The molecule has 0 saturated carbocycles. The lowest BCUT2D eigenvalue weighted by atomic mass is 10.2. The first-order chi connectivity index (χ1) is 11.7. The van der Waals surface area contributed by atoms with Crippen LogP contribution in [0.1, 0.15) is 16.1 Å². The Kier molecular flexibility index (Phi) is 4.86. The van der Waals surface area contributed by atoms with Crippen molar-refractivity contribution in [3.63, 3.8) is 0 Å². The van der Waals surface area contributed by atoms with E-state index in [-0.39, 0.29) is 18.1 Å². The highest BCUT2D eigenvalue weighted by Crippen LogP contribution is 2.35. The first-order valence-electron chi connectivity index (χ1n) is 7.22. The van der Waals surface area contributed by atoms with Gasteiger partial charge in [-0.1, -0.05) is 30.3 Å². The maximum absolute atomic E-state index is 11.6. The van der Waals surface area contributed by atoms with Crippen molar-refractivity contribution in [1.29, 1.82) is 0 Å². The van der Waals surface area contributed by atoms with Gasteiger partial charge in [0.05, 0.1) is 11.2 Å². The van der Waals surface area contributed by atoms with Crippen molar-refractivity contribution in [1.82, 2.24) is 4.98 Å². The first kappa shape index (κ1) is 16.1. The smallest absolute Gasteiger partial charge is 0.358 e. The van der Waals surface area contributed by atoms with Gasteiger partial charge < -0.3 is 14.3 Å². The van der Waals surface area contributed by atoms with Gasteiger partial charge in [-0.3, -0.25) is 0 Å². The largest absolute Gasteiger partial charge is 0.485 e. The molecule has 0 saturated heterocycles. The van der Waals surface area contributed by atoms with Crippen LogP contribution < -0.4 is 4.74 Å². The van der Waals surface area contributed by atoms with Gasteiger partial charge >= 0.3 is 5.97 Å². The molecule has 3 aromatic rings. The maximum Gasteiger partial charge on any atom is 0.358 e. The van der Waals surface area contributed by atoms with Crippen molar-refractivity contribution >= 4 is 17.7 Å². The number of carboxylic acid groups (broad SMARTS) is 1. The number of ether oxygens (including phenoxy) is 1. The number of benzene rings is 1. The zero-order valence-corrected chi connectivity index (χ0v) is 13.7. The summed E-state index contributed by atoms with van der Waals surface area (Å²) in [6.45, 7) is 0.274. The minimum atomic E-state index is -1.14. The monoisotopic (exact) mass is 341 g/mol. The van der Waals surface area contributed by atoms with Gasteiger partial charge in [0.25, 0.3) is 0 Å². The standard InChI is InChI=1S/C18H15NO4S/c1-24-15-10-13(14-8-5-9-22-14)19-16(18(20)21)17(15)23-11-12-6-3-2-4-7-12/h2-10H,11H2,1H3,(H,20,21). The van der Waals surface area contributed by atoms with Gasteiger partial charge in [-0.25, -0.2) is 9.78 Å². The average Bonchev–Trinajstić information content (AvgIpc) is 3.14. The van der Waals surface area contributed by atoms with Crippen LogP contribution in [0.4, 0.5) is 0 Å². The first-order valence-corrected chi connectivity index (χ1v) is 8.44. The lowest BCUT2D eigenvalue weighted by Gasteiger charge is -2.13. The number of nitrogens with zero attached hydrogens (tertiary/aromatic N) is 1. The molecule has 0 aliphatic rings. The fourth-order valence-corrected chi connectivity index (χ4v) is 2.80. The Morgan fingerprint density at radius 3 is 2.67 bits per heavy atom. The molecule has 0 fully saturated rings. The van der Waals surface area contributed by atoms with E-state index in [1.165, 1.54) is 18.0 Å². The molecule has 2 heterocycles. The van der Waals surface area contributed by atoms with Crippen molar-refractivity contribution < 1.29 is 19.1 Å². The molecule has 1 aromatic carbocycles. The molecule has 0 bridgehead atoms. The van der Waals surface area contributed by atoms with Crippen molar-refractivity contribution in [3.05, 3.63) is 66.1 Å². The summed E-state index contributed by atoms with van der Waals surface area (Å²) in [6.07, 6.45) is 3.39. The van der Waals surface area contributed by atoms with Crippen LogP contribution in [0.25, 0.3) is 11.5 Å². The summed E-state index contributed by atoms with van der Waals surface area (Å²) in [5, 5.41) is 9.52. The van der Waals surface area contributed by atoms with Gasteiger partial charge in [-0.2, -0.15) is 0 Å². The Balaban J connectivity index is 1.99. The molecular formula is C18H15NO4S. The third kappa shape index (κ3) is 3.44. The summed E-state index contributed by atoms with van der Waals surface area (Å²) in [5.74, 6) is -0.349. The molecule has 5 nitrogen and oxygen atoms in total. The molecule has 0 atom stereocenters. The van der Waals surface area contributed by atoms with Crippen LogP contribution in [0, 0.1) is 0 Å². The van der Waals surface area contributed by atoms with Crippen molar-refractivity contribution in [3.8, 4) is 17.2 Å². The van der Waals surface area contributed by atoms with E-state index in [0.29, 0.717) is 16.3 Å². The van der Waals surface area contributed by atoms with Crippen molar-refractivity contribution in [2.45, 2.75) is 11.5 Å². The highest BCUT2D eigenvalue weighted by molar-refractivity contribution is 7.98. The lowest BCUT2D eigenvalue weighted by molar-refractivity contribution is 0.0684. The number of pyridine rings is 1. The van der Waals surface area contributed by atoms with Gasteiger partial charge in [0.1, 0.15) is 12.3 Å². The topological polar surface area (TPSA) is 72.6 Å². The summed E-state index contributed by atoms with van der Waals surface area (Å²) >= 11 is 1.40. The van der Waals surface area contributed by atoms with E-state index in [2.05, 4.69) is 4.98 Å². The number of rotatable bonds is 6. The molecule has 0 spiro atoms. The number of furan rings is 1. The van der Waals surface area contributed by atoms with Crippen LogP contribution in [0.3, 0.4) is 0 Å². The molecule has 0 radical (unpaired) electrons. The fourth-order valence-electron chi connectivity index (χ4n) is 2.23. The Morgan fingerprint density at radius 2 is 2.04 bits per heavy atom. The van der Waals surface area contributed by atoms with Crippen LogP contribution in [0.5, 0.6) is 5.75 Å². The minimum absolute atomic E-state index is 0.121. The van der Waals surface area contributed by atoms with E-state index >= 15 is 0 Å². The van der Waals surface area contributed by atoms with Gasteiger partial charge in [0, 0.05) is 0 Å². The minimum Gasteiger partial charge on any atom is -0.485 e. The van der Waals surface area contributed by atoms with E-state index < -0.39 is 5.97 Å². The second kappa shape index (κ2) is 7.23. The van der Waals surface area contributed by atoms with Crippen LogP contribution in [-0.2, 0) is 6.61 Å². The average molecular weight is 341 g/mol. The summed E-state index contributed by atoms with van der Waals surface area (Å²) in [6, 6.07) is 14.8. The van der Waals surface area contributed by atoms with Crippen molar-refractivity contribution in [2.24, 2.45) is 0 Å². The quantitative estimate of drug-likeness (QED) is 0.672. The zero-order chi connectivity index (χ0) is 16.9. The van der Waals surface area contributed by atoms with E-state index in [1.807, 2.05) is 36.6 Å². The molecule has 122 valence electrons. The number of thioether (sulfide) groups is 1. The molecule has 0 unspecified atom stereocenters. The summed E-state index contributed by atoms with van der Waals surface area (Å²) in [4.78, 5) is 16.5. The summed E-state index contributed by atoms with van der Waals surface area (Å²) in [7, 11) is 0. The molecule has 0 aliphatic carbocycles. The molecule has 24 heavy (non-hydrogen) atoms. The Morgan fingerprint density at radius 1 is 1.25 bits per heavy atom. The third-order valence-electron chi connectivity index (χ3n) is 3.36. The number of aromatic nitrogens is 1. The van der Waals surface area contributed by atoms with Gasteiger partial charge in [0.15, 0.2) is 17.2 Å². The number of carboxylic acids is 1. The Hall–Kier alpha value is -2.73. The normalized spacial score (nSPS) is 10.5. The van der Waals surface area contributed by atoms with Crippen LogP contribution in [0.2, 0.25) is 0 Å². The molecule has 3 rings (SSSR count). The Labute approximate surface area is 143 Å². The number of hydrogen-bond donors (Lipinski definition) is 1. The van der Waals surface area contributed by atoms with E-state index in [1.54, 1.807) is 18.2 Å². The number of carbonyl (C=O) groups is 1. The van der Waals surface area contributed by atoms with Gasteiger partial charge in [-0.15, -0.1) is 11.8 Å². The third-order valence-corrected chi connectivity index (χ3v) is 4.10. The molecule has 6 heteroatoms. The fraction of sp³-hybridized carbons (Fsp3) is 0.111. The maximum atomic E-state index is 11.6. The zero-order valence-electron chi connectivity index (χ0n) is 12.9. The van der Waals surface area contributed by atoms with Crippen LogP contribution in [-0.4, -0.2) is 22.3 Å². The van der Waals surface area contributed by atoms with E-state index in [4.69, 9.17) is 9.15 Å². The van der Waals surface area contributed by atoms with Crippen LogP contribution in [0.15, 0.2) is 64.1 Å². The molecular weight excluding hydrogens is 326 g/mol. The predicted octanol–water partition coefficient (Wildman–Crippen LogP) is 4.34. The van der Waals surface area contributed by atoms with Gasteiger partial charge in [0.2, 0.25) is 0 Å². The second-order valence-electron chi connectivity index (χ2n) is 4.94. The molecule has 1 N–H and O–H groups in total. The van der Waals surface area contributed by atoms with Crippen LogP contribution >= 0.6 is 11.8 Å². The Bertz CT molecular complexity index is 832. The number of hydrogen-bond acceptors (Lipinski definition) is 5. The highest BCUT2D eigenvalue weighted by Gasteiger charge is 2.21. The lowest BCUT2D eigenvalue weighted by Crippen LogP contribution is -2.08. The van der Waals surface area contributed by atoms with E-state index in [0.717, 1.165) is 5.56 Å². The van der Waals surface area contributed by atoms with E-state index in [9.17, 15) is 9.90 Å². The van der Waals surface area contributed by atoms with Crippen molar-refractivity contribution in [2.75, 3.05) is 6.26 Å². The summed E-state index contributed by atoms with van der Waals surface area (Å²) < 4.78 is 11.1. The molecule has 2 aromatic heterocycles. The van der Waals surface area contributed by atoms with Gasteiger partial charge in [-0.05, 0) is 30.0 Å².